The first-order valence-electron chi connectivity index (χ1n) is 3.89. The van der Waals surface area contributed by atoms with Gasteiger partial charge in [0.05, 0.1) is 5.56 Å². The zero-order valence-electron chi connectivity index (χ0n) is 7.27. The van der Waals surface area contributed by atoms with E-state index >= 15 is 0 Å². The molecule has 0 radical (unpaired) electrons. The first-order chi connectivity index (χ1) is 6.29. The highest BCUT2D eigenvalue weighted by molar-refractivity contribution is 5.96. The quantitative estimate of drug-likeness (QED) is 0.759. The number of amides is 1. The van der Waals surface area contributed by atoms with Gasteiger partial charge in [0.15, 0.2) is 5.75 Å². The molecule has 0 saturated carbocycles. The van der Waals surface area contributed by atoms with E-state index in [2.05, 4.69) is 5.16 Å². The van der Waals surface area contributed by atoms with Gasteiger partial charge < -0.3 is 10.6 Å². The molecule has 14 heavy (non-hydrogen) atoms. The van der Waals surface area contributed by atoms with Gasteiger partial charge in [-0.15, -0.1) is 12.4 Å². The molecule has 2 N–H and O–H groups in total. The summed E-state index contributed by atoms with van der Waals surface area (Å²) in [5.74, 6) is -0.00792. The van der Waals surface area contributed by atoms with Crippen LogP contribution in [0, 0.1) is 0 Å². The van der Waals surface area contributed by atoms with Gasteiger partial charge in [0.1, 0.15) is 0 Å². The minimum atomic E-state index is -0.492. The lowest BCUT2D eigenvalue weighted by Crippen LogP contribution is -2.14. The second-order valence-electron chi connectivity index (χ2n) is 2.74. The summed E-state index contributed by atoms with van der Waals surface area (Å²) in [4.78, 5) is 15.9. The summed E-state index contributed by atoms with van der Waals surface area (Å²) in [6, 6.07) is 5.29. The van der Waals surface area contributed by atoms with Gasteiger partial charge in [0.2, 0.25) is 0 Å². The second-order valence-corrected chi connectivity index (χ2v) is 2.74. The maximum atomic E-state index is 11.0. The predicted octanol–water partition coefficient (Wildman–Crippen LogP) is 1.13. The fourth-order valence-electron chi connectivity index (χ4n) is 1.27. The number of carbonyl (C=O) groups is 1. The molecule has 0 saturated heterocycles. The molecule has 0 atom stereocenters. The van der Waals surface area contributed by atoms with Crippen LogP contribution < -0.4 is 10.6 Å². The minimum absolute atomic E-state index is 0. The van der Waals surface area contributed by atoms with Crippen molar-refractivity contribution in [1.82, 2.24) is 0 Å². The summed E-state index contributed by atoms with van der Waals surface area (Å²) >= 11 is 0. The molecular weight excluding hydrogens is 204 g/mol. The van der Waals surface area contributed by atoms with E-state index in [1.807, 2.05) is 6.07 Å². The number of fused-ring (bicyclic) bond motifs is 1. The molecule has 5 heteroatoms. The highest BCUT2D eigenvalue weighted by atomic mass is 35.5. The third-order valence-corrected chi connectivity index (χ3v) is 1.89. The fourth-order valence-corrected chi connectivity index (χ4v) is 1.27. The number of carbonyl (C=O) groups excluding carboxylic acids is 1. The van der Waals surface area contributed by atoms with E-state index < -0.39 is 5.91 Å². The Labute approximate surface area is 87.1 Å². The first kappa shape index (κ1) is 10.5. The van der Waals surface area contributed by atoms with Gasteiger partial charge in [-0.2, -0.15) is 0 Å². The number of hydrogen-bond acceptors (Lipinski definition) is 3. The van der Waals surface area contributed by atoms with Crippen LogP contribution in [0.5, 0.6) is 5.75 Å². The SMILES string of the molecule is Cl.NC(=O)c1cccc2c1ON=CC2. The maximum Gasteiger partial charge on any atom is 0.252 e. The van der Waals surface area contributed by atoms with Gasteiger partial charge in [-0.1, -0.05) is 17.3 Å². The molecule has 1 aromatic rings. The number of oxime groups is 1. The van der Waals surface area contributed by atoms with E-state index in [4.69, 9.17) is 10.6 Å². The molecule has 1 amide bonds. The van der Waals surface area contributed by atoms with Crippen molar-refractivity contribution in [3.05, 3.63) is 29.3 Å². The molecule has 74 valence electrons. The number of rotatable bonds is 1. The van der Waals surface area contributed by atoms with E-state index in [0.717, 1.165) is 5.56 Å². The van der Waals surface area contributed by atoms with Gasteiger partial charge in [0.25, 0.3) is 5.91 Å². The Bertz CT molecular complexity index is 390. The number of nitrogens with two attached hydrogens (primary N) is 1. The van der Waals surface area contributed by atoms with Crippen LogP contribution in [-0.2, 0) is 6.42 Å². The summed E-state index contributed by atoms with van der Waals surface area (Å²) in [5, 5.41) is 3.63. The molecule has 1 aromatic carbocycles. The molecule has 0 spiro atoms. The highest BCUT2D eigenvalue weighted by Gasteiger charge is 2.15. The van der Waals surface area contributed by atoms with Crippen LogP contribution in [0.4, 0.5) is 0 Å². The van der Waals surface area contributed by atoms with Gasteiger partial charge in [-0.25, -0.2) is 0 Å². The predicted molar refractivity (Wildman–Crippen MR) is 55.0 cm³/mol. The number of primary amides is 1. The topological polar surface area (TPSA) is 64.7 Å². The summed E-state index contributed by atoms with van der Waals surface area (Å²) in [5.41, 5.74) is 6.49. The van der Waals surface area contributed by atoms with Gasteiger partial charge in [0, 0.05) is 18.2 Å². The summed E-state index contributed by atoms with van der Waals surface area (Å²) < 4.78 is 0. The number of para-hydroxylation sites is 1. The monoisotopic (exact) mass is 212 g/mol. The number of nitrogens with zero attached hydrogens (tertiary/aromatic N) is 1. The van der Waals surface area contributed by atoms with Crippen LogP contribution in [0.15, 0.2) is 23.4 Å². The molecule has 2 rings (SSSR count). The summed E-state index contributed by atoms with van der Waals surface area (Å²) in [7, 11) is 0. The first-order valence-corrected chi connectivity index (χ1v) is 3.89. The Morgan fingerprint density at radius 3 is 3.00 bits per heavy atom. The third-order valence-electron chi connectivity index (χ3n) is 1.89. The minimum Gasteiger partial charge on any atom is -0.365 e. The third kappa shape index (κ3) is 1.70. The standard InChI is InChI=1S/C9H8N2O2.ClH/c10-9(12)7-3-1-2-6-4-5-11-13-8(6)7;/h1-3,5H,4H2,(H2,10,12);1H. The summed E-state index contributed by atoms with van der Waals surface area (Å²) in [6.07, 6.45) is 2.32. The van der Waals surface area contributed by atoms with Crippen molar-refractivity contribution in [2.45, 2.75) is 6.42 Å². The largest absolute Gasteiger partial charge is 0.365 e. The van der Waals surface area contributed by atoms with Gasteiger partial charge in [-0.3, -0.25) is 4.79 Å². The Morgan fingerprint density at radius 1 is 1.50 bits per heavy atom. The Morgan fingerprint density at radius 2 is 2.29 bits per heavy atom. The molecular formula is C9H9ClN2O2. The van der Waals surface area contributed by atoms with Crippen molar-refractivity contribution in [3.8, 4) is 5.75 Å². The lowest BCUT2D eigenvalue weighted by molar-refractivity contribution is 0.0996. The van der Waals surface area contributed by atoms with Crippen LogP contribution in [0.25, 0.3) is 0 Å². The molecule has 0 fully saturated rings. The van der Waals surface area contributed by atoms with Crippen LogP contribution in [-0.4, -0.2) is 12.1 Å². The van der Waals surface area contributed by atoms with E-state index in [1.54, 1.807) is 18.3 Å². The maximum absolute atomic E-state index is 11.0. The Hall–Kier alpha value is -1.55. The van der Waals surface area contributed by atoms with Crippen LogP contribution in [0.1, 0.15) is 15.9 Å². The van der Waals surface area contributed by atoms with Gasteiger partial charge >= 0.3 is 0 Å². The summed E-state index contributed by atoms with van der Waals surface area (Å²) in [6.45, 7) is 0. The van der Waals surface area contributed by atoms with Crippen LogP contribution in [0.2, 0.25) is 0 Å². The number of halogens is 1. The number of benzene rings is 1. The van der Waals surface area contributed by atoms with Gasteiger partial charge in [-0.05, 0) is 6.07 Å². The highest BCUT2D eigenvalue weighted by Crippen LogP contribution is 2.26. The average Bonchev–Trinajstić information content (AvgIpc) is 2.17. The van der Waals surface area contributed by atoms with E-state index in [-0.39, 0.29) is 12.4 Å². The normalized spacial score (nSPS) is 12.3. The molecule has 1 heterocycles. The van der Waals surface area contributed by atoms with E-state index in [1.165, 1.54) is 0 Å². The Balaban J connectivity index is 0.000000980. The molecule has 4 nitrogen and oxygen atoms in total. The molecule has 0 unspecified atom stereocenters. The molecule has 1 aliphatic heterocycles. The lowest BCUT2D eigenvalue weighted by atomic mass is 10.1. The number of hydrogen-bond donors (Lipinski definition) is 1. The zero-order valence-corrected chi connectivity index (χ0v) is 8.08. The van der Waals surface area contributed by atoms with Crippen molar-refractivity contribution < 1.29 is 9.63 Å². The zero-order chi connectivity index (χ0) is 9.26. The van der Waals surface area contributed by atoms with E-state index in [9.17, 15) is 4.79 Å². The molecule has 1 aliphatic rings. The lowest BCUT2D eigenvalue weighted by Gasteiger charge is -2.11. The molecule has 0 bridgehead atoms. The van der Waals surface area contributed by atoms with Crippen LogP contribution >= 0.6 is 12.4 Å². The fraction of sp³-hybridized carbons (Fsp3) is 0.111. The van der Waals surface area contributed by atoms with Crippen molar-refractivity contribution in [2.75, 3.05) is 0 Å². The molecule has 0 aliphatic carbocycles. The Kier molecular flexibility index (Phi) is 3.09. The van der Waals surface area contributed by atoms with Crippen molar-refractivity contribution in [1.29, 1.82) is 0 Å². The van der Waals surface area contributed by atoms with E-state index in [0.29, 0.717) is 17.7 Å². The average molecular weight is 213 g/mol. The van der Waals surface area contributed by atoms with Crippen LogP contribution in [0.3, 0.4) is 0 Å². The molecule has 0 aromatic heterocycles. The van der Waals surface area contributed by atoms with Crippen molar-refractivity contribution in [3.63, 3.8) is 0 Å². The van der Waals surface area contributed by atoms with Crippen molar-refractivity contribution >= 4 is 24.5 Å². The van der Waals surface area contributed by atoms with Crippen molar-refractivity contribution in [2.24, 2.45) is 10.9 Å². The second kappa shape index (κ2) is 4.11. The smallest absolute Gasteiger partial charge is 0.252 e.